The summed E-state index contributed by atoms with van der Waals surface area (Å²) in [6.07, 6.45) is -0.621. The number of carbonyl (C=O) groups excluding carboxylic acids is 1. The molecule has 3 aliphatic heterocycles. The highest BCUT2D eigenvalue weighted by atomic mass is 32.2. The van der Waals surface area contributed by atoms with E-state index in [1.54, 1.807) is 0 Å². The molecule has 3 saturated heterocycles. The van der Waals surface area contributed by atoms with E-state index in [1.807, 2.05) is 9.73 Å². The average molecular weight is 592 g/mol. The summed E-state index contributed by atoms with van der Waals surface area (Å²) in [5, 5.41) is 2.57. The van der Waals surface area contributed by atoms with Crippen LogP contribution in [0.4, 0.5) is 22.0 Å². The molecule has 2 saturated carbocycles. The molecule has 222 valence electrons. The Morgan fingerprint density at radius 3 is 2.27 bits per heavy atom. The molecule has 5 aliphatic rings. The van der Waals surface area contributed by atoms with E-state index >= 15 is 4.39 Å². The first-order valence-corrected chi connectivity index (χ1v) is 15.7. The third kappa shape index (κ3) is 5.70. The molecule has 6 rings (SSSR count). The van der Waals surface area contributed by atoms with Crippen LogP contribution in [0.3, 0.4) is 0 Å². The van der Waals surface area contributed by atoms with Crippen LogP contribution >= 0.6 is 0 Å². The predicted octanol–water partition coefficient (Wildman–Crippen LogP) is 5.03. The minimum Gasteiger partial charge on any atom is -0.493 e. The number of nitrogens with zero attached hydrogens (tertiary/aromatic N) is 2. The van der Waals surface area contributed by atoms with Gasteiger partial charge in [-0.3, -0.25) is 4.79 Å². The van der Waals surface area contributed by atoms with Crippen LogP contribution in [-0.2, 0) is 10.0 Å². The highest BCUT2D eigenvalue weighted by Gasteiger charge is 2.51. The van der Waals surface area contributed by atoms with Gasteiger partial charge in [0.05, 0.1) is 23.3 Å². The number of alkyl halides is 4. The van der Waals surface area contributed by atoms with Crippen LogP contribution in [0.25, 0.3) is 0 Å². The van der Waals surface area contributed by atoms with E-state index < -0.39 is 45.4 Å². The normalized spacial score (nSPS) is 31.8. The second-order valence-corrected chi connectivity index (χ2v) is 14.1. The number of fused-ring (bicyclic) bond motifs is 2. The Balaban J connectivity index is 1.11. The van der Waals surface area contributed by atoms with E-state index in [-0.39, 0.29) is 55.5 Å². The Labute approximate surface area is 230 Å². The molecule has 40 heavy (non-hydrogen) atoms. The lowest BCUT2D eigenvalue weighted by molar-refractivity contribution is -0.236. The van der Waals surface area contributed by atoms with Crippen LogP contribution in [0.2, 0.25) is 0 Å². The average Bonchev–Trinajstić information content (AvgIpc) is 3.79. The van der Waals surface area contributed by atoms with Crippen LogP contribution in [0.5, 0.6) is 5.75 Å². The zero-order valence-corrected chi connectivity index (χ0v) is 22.8. The second kappa shape index (κ2) is 10.4. The minimum atomic E-state index is -4.35. The minimum absolute atomic E-state index is 0.0665. The highest BCUT2D eigenvalue weighted by molar-refractivity contribution is 7.91. The van der Waals surface area contributed by atoms with Crippen molar-refractivity contribution in [2.75, 3.05) is 13.2 Å². The maximum absolute atomic E-state index is 15.0. The first-order valence-electron chi connectivity index (χ1n) is 14.2. The molecule has 1 amide bonds. The van der Waals surface area contributed by atoms with Crippen molar-refractivity contribution in [2.24, 2.45) is 11.8 Å². The van der Waals surface area contributed by atoms with Crippen molar-refractivity contribution in [1.82, 2.24) is 14.7 Å². The molecule has 13 heteroatoms. The van der Waals surface area contributed by atoms with Gasteiger partial charge in [0.1, 0.15) is 11.6 Å². The van der Waals surface area contributed by atoms with Crippen molar-refractivity contribution in [3.63, 3.8) is 0 Å². The molecule has 2 bridgehead atoms. The molecule has 0 spiro atoms. The van der Waals surface area contributed by atoms with Crippen LogP contribution in [-0.4, -0.2) is 67.3 Å². The summed E-state index contributed by atoms with van der Waals surface area (Å²) in [6.45, 7) is -0.0867. The van der Waals surface area contributed by atoms with Gasteiger partial charge < -0.3 is 4.74 Å². The molecule has 2 unspecified atom stereocenters. The third-order valence-electron chi connectivity index (χ3n) is 9.07. The number of halogens is 5. The predicted molar refractivity (Wildman–Crippen MR) is 135 cm³/mol. The van der Waals surface area contributed by atoms with Crippen molar-refractivity contribution in [1.29, 1.82) is 0 Å². The summed E-state index contributed by atoms with van der Waals surface area (Å²) < 4.78 is 102. The molecule has 0 radical (unpaired) electrons. The lowest BCUT2D eigenvalue weighted by Crippen LogP contribution is -2.60. The summed E-state index contributed by atoms with van der Waals surface area (Å²) in [5.74, 6) is -2.90. The molecule has 1 N–H and O–H groups in total. The molecular weight excluding hydrogens is 557 g/mol. The standard InChI is InChI=1S/C27H34F5N3O4S/c28-23-12-24(21(16-1-2-16)11-22(23)26(36)33-40(37,38)20-6-7-20)39-14-15-9-18-4-5-19(10-15)35(18)34-13-17(27(30,31)32)3-8-25(34)29/h11-12,15-20,25H,1-10,13-14H2,(H,33,36)/t15-,17?,18-,19+,25?. The Hall–Kier alpha value is -1.99. The van der Waals surface area contributed by atoms with Crippen LogP contribution in [0.15, 0.2) is 12.1 Å². The monoisotopic (exact) mass is 591 g/mol. The number of nitrogens with one attached hydrogen (secondary N) is 1. The zero-order chi connectivity index (χ0) is 28.4. The second-order valence-electron chi connectivity index (χ2n) is 12.1. The Morgan fingerprint density at radius 2 is 1.68 bits per heavy atom. The van der Waals surface area contributed by atoms with Gasteiger partial charge in [0.15, 0.2) is 6.30 Å². The van der Waals surface area contributed by atoms with Crippen molar-refractivity contribution in [3.8, 4) is 5.75 Å². The Kier molecular flexibility index (Phi) is 7.30. The van der Waals surface area contributed by atoms with E-state index in [0.29, 0.717) is 37.0 Å². The summed E-state index contributed by atoms with van der Waals surface area (Å²) >= 11 is 0. The number of benzene rings is 1. The lowest BCUT2D eigenvalue weighted by atomic mass is 9.91. The van der Waals surface area contributed by atoms with Crippen molar-refractivity contribution >= 4 is 15.9 Å². The van der Waals surface area contributed by atoms with Gasteiger partial charge in [-0.15, -0.1) is 0 Å². The maximum atomic E-state index is 15.0. The quantitative estimate of drug-likeness (QED) is 0.338. The number of ether oxygens (including phenoxy) is 1. The van der Waals surface area contributed by atoms with Gasteiger partial charge in [-0.1, -0.05) is 0 Å². The number of hydrogen-bond donors (Lipinski definition) is 1. The van der Waals surface area contributed by atoms with Crippen LogP contribution in [0.1, 0.15) is 86.0 Å². The van der Waals surface area contributed by atoms with Gasteiger partial charge >= 0.3 is 6.18 Å². The van der Waals surface area contributed by atoms with Gasteiger partial charge in [-0.2, -0.15) is 13.2 Å². The number of carbonyl (C=O) groups is 1. The molecule has 5 fully saturated rings. The SMILES string of the molecule is O=C(NS(=O)(=O)C1CC1)c1cc(C2CC2)c(OC[C@@H]2C[C@H]3CC[C@@H](C2)N3N2CC(C(F)(F)F)CCC2F)cc1F. The summed E-state index contributed by atoms with van der Waals surface area (Å²) in [6, 6.07) is 2.39. The first kappa shape index (κ1) is 28.1. The smallest absolute Gasteiger partial charge is 0.393 e. The van der Waals surface area contributed by atoms with Gasteiger partial charge in [-0.25, -0.2) is 31.9 Å². The number of amides is 1. The van der Waals surface area contributed by atoms with Gasteiger partial charge in [-0.05, 0) is 87.7 Å². The van der Waals surface area contributed by atoms with Crippen LogP contribution in [0, 0.1) is 17.7 Å². The molecule has 2 aliphatic carbocycles. The van der Waals surface area contributed by atoms with Gasteiger partial charge in [0.2, 0.25) is 10.0 Å². The summed E-state index contributed by atoms with van der Waals surface area (Å²) in [7, 11) is -3.82. The molecule has 7 nitrogen and oxygen atoms in total. The molecule has 3 heterocycles. The molecule has 1 aromatic rings. The Bertz CT molecular complexity index is 1240. The van der Waals surface area contributed by atoms with E-state index in [9.17, 15) is 30.8 Å². The first-order chi connectivity index (χ1) is 18.9. The maximum Gasteiger partial charge on any atom is 0.393 e. The summed E-state index contributed by atoms with van der Waals surface area (Å²) in [5.41, 5.74) is 0.340. The number of hydrazine groups is 1. The van der Waals surface area contributed by atoms with Crippen molar-refractivity contribution in [2.45, 2.75) is 99.9 Å². The lowest BCUT2D eigenvalue weighted by Gasteiger charge is -2.49. The Morgan fingerprint density at radius 1 is 1.00 bits per heavy atom. The van der Waals surface area contributed by atoms with E-state index in [2.05, 4.69) is 0 Å². The third-order valence-corrected chi connectivity index (χ3v) is 10.9. The number of hydrogen-bond acceptors (Lipinski definition) is 6. The number of sulfonamides is 1. The van der Waals surface area contributed by atoms with E-state index in [0.717, 1.165) is 31.7 Å². The van der Waals surface area contributed by atoms with Crippen molar-refractivity contribution in [3.05, 3.63) is 29.1 Å². The summed E-state index contributed by atoms with van der Waals surface area (Å²) in [4.78, 5) is 12.6. The van der Waals surface area contributed by atoms with Gasteiger partial charge in [0.25, 0.3) is 5.91 Å². The highest BCUT2D eigenvalue weighted by Crippen LogP contribution is 2.47. The van der Waals surface area contributed by atoms with Gasteiger partial charge in [0, 0.05) is 24.7 Å². The largest absolute Gasteiger partial charge is 0.493 e. The molecular formula is C27H34F5N3O4S. The zero-order valence-electron chi connectivity index (χ0n) is 22.0. The molecule has 0 aromatic heterocycles. The van der Waals surface area contributed by atoms with E-state index in [4.69, 9.17) is 4.74 Å². The molecule has 5 atom stereocenters. The number of rotatable bonds is 8. The van der Waals surface area contributed by atoms with E-state index in [1.165, 1.54) is 11.1 Å². The fourth-order valence-corrected chi connectivity index (χ4v) is 7.98. The molecule has 1 aromatic carbocycles. The van der Waals surface area contributed by atoms with Crippen molar-refractivity contribution < 1.29 is 39.9 Å². The fraction of sp³-hybridized carbons (Fsp3) is 0.741. The topological polar surface area (TPSA) is 78.9 Å². The number of piperidine rings is 2. The van der Waals surface area contributed by atoms with Crippen LogP contribution < -0.4 is 9.46 Å². The fourth-order valence-electron chi connectivity index (χ4n) is 6.68.